The molecule has 0 saturated heterocycles. The second kappa shape index (κ2) is 7.76. The molecule has 27 heavy (non-hydrogen) atoms. The van der Waals surface area contributed by atoms with Crippen LogP contribution in [0.1, 0.15) is 11.5 Å². The number of aromatic nitrogens is 1. The van der Waals surface area contributed by atoms with Crippen molar-refractivity contribution < 1.29 is 9.15 Å². The van der Waals surface area contributed by atoms with Crippen LogP contribution in [-0.4, -0.2) is 12.1 Å². The topological polar surface area (TPSA) is 38.5 Å². The van der Waals surface area contributed by atoms with Crippen LogP contribution in [0.25, 0.3) is 11.1 Å². The monoisotopic (exact) mass is 376 g/mol. The molecule has 0 amide bonds. The number of oxazole rings is 1. The number of rotatable bonds is 6. The minimum atomic E-state index is 0.521. The van der Waals surface area contributed by atoms with Gasteiger partial charge in [-0.2, -0.15) is 0 Å². The van der Waals surface area contributed by atoms with Crippen LogP contribution < -0.4 is 9.04 Å². The third-order valence-electron chi connectivity index (χ3n) is 4.21. The molecule has 4 rings (SSSR count). The van der Waals surface area contributed by atoms with Gasteiger partial charge in [-0.3, -0.25) is 4.31 Å². The van der Waals surface area contributed by atoms with Gasteiger partial charge in [0, 0.05) is 4.90 Å². The largest absolute Gasteiger partial charge is 0.495 e. The molecule has 0 atom stereocenters. The Hall–Kier alpha value is -2.92. The SMILES string of the molecule is COc1ccccc1N(Cc1nc2ccccc2o1)Sc1ccc(C)cc1. The van der Waals surface area contributed by atoms with E-state index in [0.29, 0.717) is 12.4 Å². The molecule has 136 valence electrons. The standard InChI is InChI=1S/C22H20N2O2S/c1-16-11-13-17(14-12-16)27-24(19-8-4-6-10-21(19)25-2)15-22-23-18-7-3-5-9-20(18)26-22/h3-14H,15H2,1-2H3. The van der Waals surface area contributed by atoms with Crippen LogP contribution in [0.4, 0.5) is 5.69 Å². The molecule has 5 heteroatoms. The zero-order valence-corrected chi connectivity index (χ0v) is 16.1. The Morgan fingerprint density at radius 3 is 2.48 bits per heavy atom. The summed E-state index contributed by atoms with van der Waals surface area (Å²) in [6.45, 7) is 2.61. The van der Waals surface area contributed by atoms with Gasteiger partial charge in [0.1, 0.15) is 17.8 Å². The quantitative estimate of drug-likeness (QED) is 0.394. The predicted molar refractivity (Wildman–Crippen MR) is 110 cm³/mol. The number of hydrogen-bond donors (Lipinski definition) is 0. The van der Waals surface area contributed by atoms with Crippen LogP contribution in [0.5, 0.6) is 5.75 Å². The molecule has 1 heterocycles. The Kier molecular flexibility index (Phi) is 5.03. The first-order valence-corrected chi connectivity index (χ1v) is 9.50. The highest BCUT2D eigenvalue weighted by Crippen LogP contribution is 2.37. The molecule has 0 bridgehead atoms. The molecule has 4 aromatic rings. The number of fused-ring (bicyclic) bond motifs is 1. The maximum atomic E-state index is 5.94. The van der Waals surface area contributed by atoms with Crippen molar-refractivity contribution in [1.29, 1.82) is 0 Å². The van der Waals surface area contributed by atoms with E-state index >= 15 is 0 Å². The van der Waals surface area contributed by atoms with Gasteiger partial charge in [0.05, 0.1) is 12.8 Å². The normalized spacial score (nSPS) is 10.9. The molecule has 0 saturated carbocycles. The predicted octanol–water partition coefficient (Wildman–Crippen LogP) is 5.86. The van der Waals surface area contributed by atoms with Crippen molar-refractivity contribution in [2.75, 3.05) is 11.4 Å². The molecule has 0 unspecified atom stereocenters. The van der Waals surface area contributed by atoms with Crippen molar-refractivity contribution in [3.8, 4) is 5.75 Å². The van der Waals surface area contributed by atoms with Crippen molar-refractivity contribution in [3.05, 3.63) is 84.3 Å². The molecule has 0 fully saturated rings. The van der Waals surface area contributed by atoms with Gasteiger partial charge in [-0.15, -0.1) is 0 Å². The third-order valence-corrected chi connectivity index (χ3v) is 5.24. The molecule has 0 N–H and O–H groups in total. The van der Waals surface area contributed by atoms with Gasteiger partial charge in [0.25, 0.3) is 0 Å². The first-order valence-electron chi connectivity index (χ1n) is 8.72. The van der Waals surface area contributed by atoms with E-state index in [1.165, 1.54) is 5.56 Å². The molecule has 1 aromatic heterocycles. The summed E-state index contributed by atoms with van der Waals surface area (Å²) in [5.74, 6) is 1.48. The van der Waals surface area contributed by atoms with Gasteiger partial charge in [-0.05, 0) is 55.3 Å². The van der Waals surface area contributed by atoms with Crippen LogP contribution in [0, 0.1) is 6.92 Å². The van der Waals surface area contributed by atoms with Crippen molar-refractivity contribution in [3.63, 3.8) is 0 Å². The van der Waals surface area contributed by atoms with E-state index in [1.807, 2.05) is 48.5 Å². The van der Waals surface area contributed by atoms with E-state index in [9.17, 15) is 0 Å². The average molecular weight is 376 g/mol. The highest BCUT2D eigenvalue weighted by atomic mass is 32.2. The smallest absolute Gasteiger partial charge is 0.216 e. The van der Waals surface area contributed by atoms with E-state index in [4.69, 9.17) is 9.15 Å². The van der Waals surface area contributed by atoms with E-state index in [0.717, 1.165) is 27.4 Å². The highest BCUT2D eigenvalue weighted by Gasteiger charge is 2.17. The molecule has 0 radical (unpaired) electrons. The van der Waals surface area contributed by atoms with Crippen molar-refractivity contribution in [2.45, 2.75) is 18.4 Å². The number of ether oxygens (including phenoxy) is 1. The van der Waals surface area contributed by atoms with Gasteiger partial charge in [0.2, 0.25) is 5.89 Å². The van der Waals surface area contributed by atoms with Gasteiger partial charge < -0.3 is 9.15 Å². The highest BCUT2D eigenvalue weighted by molar-refractivity contribution is 8.00. The number of hydrogen-bond acceptors (Lipinski definition) is 5. The van der Waals surface area contributed by atoms with Crippen LogP contribution >= 0.6 is 11.9 Å². The summed E-state index contributed by atoms with van der Waals surface area (Å²) in [5.41, 5.74) is 3.88. The Balaban J connectivity index is 1.69. The molecule has 0 spiro atoms. The number of aryl methyl sites for hydroxylation is 1. The first-order chi connectivity index (χ1) is 13.2. The zero-order valence-electron chi connectivity index (χ0n) is 15.3. The van der Waals surface area contributed by atoms with Gasteiger partial charge in [-0.1, -0.05) is 42.0 Å². The number of methoxy groups -OCH3 is 1. The first kappa shape index (κ1) is 17.5. The van der Waals surface area contributed by atoms with Crippen LogP contribution in [0.2, 0.25) is 0 Å². The zero-order chi connectivity index (χ0) is 18.6. The second-order valence-corrected chi connectivity index (χ2v) is 7.28. The fourth-order valence-electron chi connectivity index (χ4n) is 2.84. The number of nitrogens with zero attached hydrogens (tertiary/aromatic N) is 2. The van der Waals surface area contributed by atoms with E-state index in [1.54, 1.807) is 19.1 Å². The van der Waals surface area contributed by atoms with Crippen LogP contribution in [-0.2, 0) is 6.54 Å². The Labute approximate surface area is 162 Å². The summed E-state index contributed by atoms with van der Waals surface area (Å²) >= 11 is 1.64. The Morgan fingerprint density at radius 2 is 1.70 bits per heavy atom. The summed E-state index contributed by atoms with van der Waals surface area (Å²) in [7, 11) is 1.69. The summed E-state index contributed by atoms with van der Waals surface area (Å²) in [6.07, 6.45) is 0. The summed E-state index contributed by atoms with van der Waals surface area (Å²) < 4.78 is 13.7. The minimum absolute atomic E-state index is 0.521. The minimum Gasteiger partial charge on any atom is -0.495 e. The summed E-state index contributed by atoms with van der Waals surface area (Å²) in [6, 6.07) is 24.3. The summed E-state index contributed by atoms with van der Waals surface area (Å²) in [5, 5.41) is 0. The molecule has 0 aliphatic rings. The lowest BCUT2D eigenvalue weighted by atomic mass is 10.2. The van der Waals surface area contributed by atoms with E-state index in [-0.39, 0.29) is 0 Å². The van der Waals surface area contributed by atoms with E-state index in [2.05, 4.69) is 40.5 Å². The Morgan fingerprint density at radius 1 is 0.963 bits per heavy atom. The Bertz CT molecular complexity index is 1010. The third kappa shape index (κ3) is 3.93. The molecule has 0 aliphatic carbocycles. The average Bonchev–Trinajstić information content (AvgIpc) is 3.11. The number of para-hydroxylation sites is 4. The molecular formula is C22H20N2O2S. The van der Waals surface area contributed by atoms with Crippen molar-refractivity contribution >= 4 is 28.7 Å². The lowest BCUT2D eigenvalue weighted by Crippen LogP contribution is -2.15. The maximum absolute atomic E-state index is 5.94. The van der Waals surface area contributed by atoms with Crippen LogP contribution in [0.15, 0.2) is 82.1 Å². The van der Waals surface area contributed by atoms with Crippen LogP contribution in [0.3, 0.4) is 0 Å². The number of anilines is 1. The fourth-order valence-corrected chi connectivity index (χ4v) is 3.78. The molecule has 3 aromatic carbocycles. The second-order valence-electron chi connectivity index (χ2n) is 6.19. The fraction of sp³-hybridized carbons (Fsp3) is 0.136. The lowest BCUT2D eigenvalue weighted by Gasteiger charge is -2.23. The van der Waals surface area contributed by atoms with Crippen molar-refractivity contribution in [1.82, 2.24) is 4.98 Å². The molecule has 0 aliphatic heterocycles. The maximum Gasteiger partial charge on any atom is 0.216 e. The van der Waals surface area contributed by atoms with Crippen molar-refractivity contribution in [2.24, 2.45) is 0 Å². The lowest BCUT2D eigenvalue weighted by molar-refractivity contribution is 0.415. The molecule has 4 nitrogen and oxygen atoms in total. The number of benzene rings is 3. The summed E-state index contributed by atoms with van der Waals surface area (Å²) in [4.78, 5) is 5.77. The van der Waals surface area contributed by atoms with E-state index < -0.39 is 0 Å². The molecular weight excluding hydrogens is 356 g/mol. The van der Waals surface area contributed by atoms with Gasteiger partial charge in [-0.25, -0.2) is 4.98 Å². The van der Waals surface area contributed by atoms with Gasteiger partial charge >= 0.3 is 0 Å². The van der Waals surface area contributed by atoms with Gasteiger partial charge in [0.15, 0.2) is 5.58 Å².